The maximum atomic E-state index is 14.4. The molecule has 7 heteroatoms. The topological polar surface area (TPSA) is 88.4 Å². The number of aromatic nitrogens is 1. The zero-order valence-electron chi connectivity index (χ0n) is 13.3. The number of nitrogens with two attached hydrogens (primary N) is 1. The molecule has 2 amide bonds. The van der Waals surface area contributed by atoms with Gasteiger partial charge in [0.2, 0.25) is 0 Å². The summed E-state index contributed by atoms with van der Waals surface area (Å²) in [6.07, 6.45) is 0. The molecule has 0 aliphatic carbocycles. The number of primary amides is 1. The fourth-order valence-electron chi connectivity index (χ4n) is 3.25. The monoisotopic (exact) mass is 341 g/mol. The van der Waals surface area contributed by atoms with Crippen LogP contribution in [0.2, 0.25) is 0 Å². The van der Waals surface area contributed by atoms with Gasteiger partial charge in [0.15, 0.2) is 0 Å². The number of morpholine rings is 1. The smallest absolute Gasteiger partial charge is 0.254 e. The zero-order chi connectivity index (χ0) is 17.6. The third-order valence-corrected chi connectivity index (χ3v) is 4.51. The Morgan fingerprint density at radius 1 is 1.16 bits per heavy atom. The molecule has 2 aromatic carbocycles. The largest absolute Gasteiger partial charge is 0.378 e. The molecule has 0 saturated carbocycles. The maximum Gasteiger partial charge on any atom is 0.254 e. The first-order valence-corrected chi connectivity index (χ1v) is 7.97. The first kappa shape index (κ1) is 15.6. The lowest BCUT2D eigenvalue weighted by molar-refractivity contribution is 0.0303. The summed E-state index contributed by atoms with van der Waals surface area (Å²) < 4.78 is 19.7. The van der Waals surface area contributed by atoms with Gasteiger partial charge in [-0.15, -0.1) is 0 Å². The minimum atomic E-state index is -0.638. The molecule has 1 aliphatic heterocycles. The van der Waals surface area contributed by atoms with E-state index in [1.54, 1.807) is 23.1 Å². The van der Waals surface area contributed by atoms with Crippen molar-refractivity contribution in [3.8, 4) is 0 Å². The Hall–Kier alpha value is -2.93. The number of aromatic amines is 1. The van der Waals surface area contributed by atoms with E-state index in [-0.39, 0.29) is 16.9 Å². The fourth-order valence-corrected chi connectivity index (χ4v) is 3.25. The molecule has 1 aromatic heterocycles. The number of halogens is 1. The molecule has 1 saturated heterocycles. The zero-order valence-corrected chi connectivity index (χ0v) is 13.3. The Labute approximate surface area is 142 Å². The lowest BCUT2D eigenvalue weighted by Crippen LogP contribution is -2.40. The Bertz CT molecular complexity index is 1010. The number of ether oxygens (including phenoxy) is 1. The van der Waals surface area contributed by atoms with Crippen LogP contribution in [0.4, 0.5) is 4.39 Å². The van der Waals surface area contributed by atoms with Crippen molar-refractivity contribution in [3.63, 3.8) is 0 Å². The van der Waals surface area contributed by atoms with E-state index in [9.17, 15) is 14.0 Å². The molecule has 0 bridgehead atoms. The number of rotatable bonds is 2. The predicted octanol–water partition coefficient (Wildman–Crippen LogP) is 2.03. The molecule has 0 radical (unpaired) electrons. The van der Waals surface area contributed by atoms with Gasteiger partial charge in [0.05, 0.1) is 24.3 Å². The molecule has 4 rings (SSSR count). The number of carbonyl (C=O) groups is 2. The van der Waals surface area contributed by atoms with Crippen LogP contribution in [0.25, 0.3) is 21.8 Å². The minimum absolute atomic E-state index is 0.119. The molecular weight excluding hydrogens is 325 g/mol. The molecule has 2 heterocycles. The SMILES string of the molecule is NC(=O)c1ccc(F)c2c1[nH]c1ccc(C(=O)N3CCOCC3)cc12. The van der Waals surface area contributed by atoms with Crippen LogP contribution in [-0.4, -0.2) is 48.0 Å². The van der Waals surface area contributed by atoms with Crippen molar-refractivity contribution in [3.05, 3.63) is 47.3 Å². The molecule has 3 N–H and O–H groups in total. The van der Waals surface area contributed by atoms with Crippen LogP contribution in [0.15, 0.2) is 30.3 Å². The van der Waals surface area contributed by atoms with Crippen LogP contribution in [0.1, 0.15) is 20.7 Å². The van der Waals surface area contributed by atoms with Crippen LogP contribution in [-0.2, 0) is 4.74 Å². The summed E-state index contributed by atoms with van der Waals surface area (Å²) in [5.41, 5.74) is 7.05. The number of hydrogen-bond acceptors (Lipinski definition) is 3. The van der Waals surface area contributed by atoms with Crippen LogP contribution in [0, 0.1) is 5.82 Å². The predicted molar refractivity (Wildman–Crippen MR) is 91.0 cm³/mol. The Morgan fingerprint density at radius 3 is 2.64 bits per heavy atom. The van der Waals surface area contributed by atoms with E-state index in [0.29, 0.717) is 48.3 Å². The Balaban J connectivity index is 1.87. The number of hydrogen-bond donors (Lipinski definition) is 2. The van der Waals surface area contributed by atoms with E-state index in [1.165, 1.54) is 12.1 Å². The molecule has 25 heavy (non-hydrogen) atoms. The van der Waals surface area contributed by atoms with Gasteiger partial charge in [-0.3, -0.25) is 9.59 Å². The van der Waals surface area contributed by atoms with Crippen LogP contribution in [0.5, 0.6) is 0 Å². The van der Waals surface area contributed by atoms with E-state index in [1.807, 2.05) is 0 Å². The summed E-state index contributed by atoms with van der Waals surface area (Å²) in [5.74, 6) is -1.23. The van der Waals surface area contributed by atoms with Crippen LogP contribution >= 0.6 is 0 Å². The summed E-state index contributed by atoms with van der Waals surface area (Å²) in [4.78, 5) is 29.0. The number of nitrogens with one attached hydrogen (secondary N) is 1. The fraction of sp³-hybridized carbons (Fsp3) is 0.222. The van der Waals surface area contributed by atoms with E-state index in [2.05, 4.69) is 4.98 Å². The number of nitrogens with zero attached hydrogens (tertiary/aromatic N) is 1. The highest BCUT2D eigenvalue weighted by Crippen LogP contribution is 2.31. The summed E-state index contributed by atoms with van der Waals surface area (Å²) in [5, 5.41) is 0.817. The molecule has 0 atom stereocenters. The highest BCUT2D eigenvalue weighted by atomic mass is 19.1. The second kappa shape index (κ2) is 5.86. The lowest BCUT2D eigenvalue weighted by Gasteiger charge is -2.26. The number of amides is 2. The van der Waals surface area contributed by atoms with E-state index in [0.717, 1.165) is 0 Å². The molecule has 128 valence electrons. The number of fused-ring (bicyclic) bond motifs is 3. The molecule has 3 aromatic rings. The third kappa shape index (κ3) is 2.53. The van der Waals surface area contributed by atoms with E-state index < -0.39 is 11.7 Å². The van der Waals surface area contributed by atoms with Crippen molar-refractivity contribution >= 4 is 33.6 Å². The minimum Gasteiger partial charge on any atom is -0.378 e. The quantitative estimate of drug-likeness (QED) is 0.747. The summed E-state index contributed by atoms with van der Waals surface area (Å²) in [7, 11) is 0. The first-order chi connectivity index (χ1) is 12.1. The molecule has 1 fully saturated rings. The van der Waals surface area contributed by atoms with Crippen molar-refractivity contribution in [1.82, 2.24) is 9.88 Å². The van der Waals surface area contributed by atoms with Crippen molar-refractivity contribution < 1.29 is 18.7 Å². The van der Waals surface area contributed by atoms with Crippen molar-refractivity contribution in [1.29, 1.82) is 0 Å². The number of benzene rings is 2. The normalized spacial score (nSPS) is 15.0. The second-order valence-electron chi connectivity index (χ2n) is 6.00. The van der Waals surface area contributed by atoms with Gasteiger partial charge in [-0.05, 0) is 30.3 Å². The Morgan fingerprint density at radius 2 is 1.92 bits per heavy atom. The molecule has 0 unspecified atom stereocenters. The highest BCUT2D eigenvalue weighted by Gasteiger charge is 2.21. The second-order valence-corrected chi connectivity index (χ2v) is 6.00. The summed E-state index contributed by atoms with van der Waals surface area (Å²) in [6, 6.07) is 7.63. The van der Waals surface area contributed by atoms with Gasteiger partial charge in [0.25, 0.3) is 11.8 Å². The summed E-state index contributed by atoms with van der Waals surface area (Å²) >= 11 is 0. The van der Waals surface area contributed by atoms with Gasteiger partial charge < -0.3 is 20.4 Å². The highest BCUT2D eigenvalue weighted by molar-refractivity contribution is 6.16. The third-order valence-electron chi connectivity index (χ3n) is 4.51. The van der Waals surface area contributed by atoms with Crippen molar-refractivity contribution in [2.24, 2.45) is 5.73 Å². The van der Waals surface area contributed by atoms with Crippen molar-refractivity contribution in [2.45, 2.75) is 0 Å². The molecule has 6 nitrogen and oxygen atoms in total. The number of H-pyrrole nitrogens is 1. The lowest BCUT2D eigenvalue weighted by atomic mass is 10.1. The van der Waals surface area contributed by atoms with Gasteiger partial charge in [0.1, 0.15) is 5.82 Å². The molecule has 0 spiro atoms. The van der Waals surface area contributed by atoms with E-state index in [4.69, 9.17) is 10.5 Å². The van der Waals surface area contributed by atoms with E-state index >= 15 is 0 Å². The van der Waals surface area contributed by atoms with Gasteiger partial charge in [-0.25, -0.2) is 4.39 Å². The molecular formula is C18H16FN3O3. The standard InChI is InChI=1S/C18H16FN3O3/c19-13-3-2-11(17(20)23)16-15(13)12-9-10(1-4-14(12)21-16)18(24)22-5-7-25-8-6-22/h1-4,9,21H,5-8H2,(H2,20,23). The average molecular weight is 341 g/mol. The first-order valence-electron chi connectivity index (χ1n) is 7.97. The molecule has 1 aliphatic rings. The van der Waals surface area contributed by atoms with Gasteiger partial charge in [-0.2, -0.15) is 0 Å². The Kier molecular flexibility index (Phi) is 3.65. The number of carbonyl (C=O) groups excluding carboxylic acids is 2. The van der Waals surface area contributed by atoms with Crippen LogP contribution < -0.4 is 5.73 Å². The van der Waals surface area contributed by atoms with Gasteiger partial charge in [0, 0.05) is 34.9 Å². The van der Waals surface area contributed by atoms with Crippen LogP contribution in [0.3, 0.4) is 0 Å². The van der Waals surface area contributed by atoms with Gasteiger partial charge >= 0.3 is 0 Å². The maximum absolute atomic E-state index is 14.4. The average Bonchev–Trinajstić information content (AvgIpc) is 3.01. The summed E-state index contributed by atoms with van der Waals surface area (Å²) in [6.45, 7) is 2.09. The van der Waals surface area contributed by atoms with Gasteiger partial charge in [-0.1, -0.05) is 0 Å². The van der Waals surface area contributed by atoms with Crippen molar-refractivity contribution in [2.75, 3.05) is 26.3 Å².